The average molecular weight is 591 g/mol. The van der Waals surface area contributed by atoms with Crippen LogP contribution in [0.2, 0.25) is 0 Å². The number of hydrogen-bond acceptors (Lipinski definition) is 8. The van der Waals surface area contributed by atoms with Crippen molar-refractivity contribution in [1.82, 2.24) is 8.87 Å². The van der Waals surface area contributed by atoms with E-state index in [2.05, 4.69) is 0 Å². The van der Waals surface area contributed by atoms with Crippen molar-refractivity contribution in [2.45, 2.75) is 40.8 Å². The monoisotopic (exact) mass is 590 g/mol. The largest absolute Gasteiger partial charge is 0.497 e. The van der Waals surface area contributed by atoms with E-state index in [1.807, 2.05) is 37.3 Å². The highest BCUT2D eigenvalue weighted by Crippen LogP contribution is 2.61. The third-order valence-electron chi connectivity index (χ3n) is 7.85. The van der Waals surface area contributed by atoms with Crippen molar-refractivity contribution in [3.8, 4) is 5.75 Å². The van der Waals surface area contributed by atoms with E-state index in [-0.39, 0.29) is 17.4 Å². The second-order valence-corrected chi connectivity index (χ2v) is 14.7. The summed E-state index contributed by atoms with van der Waals surface area (Å²) in [5.41, 5.74) is 0.0219. The number of ether oxygens (including phenoxy) is 2. The van der Waals surface area contributed by atoms with Gasteiger partial charge in [0.2, 0.25) is 0 Å². The molecule has 2 aromatic carbocycles. The zero-order valence-electron chi connectivity index (χ0n) is 22.3. The number of amides is 1. The van der Waals surface area contributed by atoms with Gasteiger partial charge in [-0.2, -0.15) is 0 Å². The van der Waals surface area contributed by atoms with Crippen LogP contribution in [-0.4, -0.2) is 72.9 Å². The molecule has 0 bridgehead atoms. The van der Waals surface area contributed by atoms with Crippen LogP contribution in [0, 0.1) is 5.92 Å². The maximum absolute atomic E-state index is 14.4. The lowest BCUT2D eigenvalue weighted by Crippen LogP contribution is -2.60. The molecule has 3 aromatic rings. The van der Waals surface area contributed by atoms with E-state index in [9.17, 15) is 18.3 Å². The van der Waals surface area contributed by atoms with Crippen LogP contribution in [0.1, 0.15) is 31.9 Å². The molecule has 1 amide bonds. The molecule has 0 saturated carbocycles. The number of piperidine rings is 1. The highest BCUT2D eigenvalue weighted by molar-refractivity contribution is 8.18. The van der Waals surface area contributed by atoms with E-state index in [4.69, 9.17) is 9.47 Å². The molecule has 2 aliphatic rings. The summed E-state index contributed by atoms with van der Waals surface area (Å²) in [6.45, 7) is 2.48. The van der Waals surface area contributed by atoms with E-state index in [0.717, 1.165) is 23.3 Å². The minimum Gasteiger partial charge on any atom is -0.497 e. The Morgan fingerprint density at radius 2 is 1.79 bits per heavy atom. The molecule has 11 heteroatoms. The molecule has 1 N–H and O–H groups in total. The first-order valence-electron chi connectivity index (χ1n) is 13.0. The molecule has 2 atom stereocenters. The summed E-state index contributed by atoms with van der Waals surface area (Å²) in [7, 11) is -1.12. The first kappa shape index (κ1) is 28.2. The Hall–Kier alpha value is -2.34. The summed E-state index contributed by atoms with van der Waals surface area (Å²) in [5, 5.41) is 12.9. The number of carbonyl (C=O) groups excluding carboxylic acids is 1. The fourth-order valence-electron chi connectivity index (χ4n) is 5.82. The topological polar surface area (TPSA) is 98.1 Å². The summed E-state index contributed by atoms with van der Waals surface area (Å²) in [6.07, 6.45) is 1.46. The van der Waals surface area contributed by atoms with Crippen LogP contribution < -0.4 is 4.74 Å². The Bertz CT molecular complexity index is 1450. The van der Waals surface area contributed by atoms with Crippen LogP contribution in [0.5, 0.6) is 5.75 Å². The van der Waals surface area contributed by atoms with Crippen LogP contribution in [0.4, 0.5) is 4.79 Å². The predicted octanol–water partition coefficient (Wildman–Crippen LogP) is 5.14. The van der Waals surface area contributed by atoms with E-state index in [1.165, 1.54) is 11.1 Å². The van der Waals surface area contributed by atoms with Crippen molar-refractivity contribution in [1.29, 1.82) is 0 Å². The van der Waals surface area contributed by atoms with E-state index < -0.39 is 25.8 Å². The van der Waals surface area contributed by atoms with Crippen LogP contribution >= 0.6 is 23.5 Å². The van der Waals surface area contributed by atoms with Gasteiger partial charge >= 0.3 is 6.09 Å². The van der Waals surface area contributed by atoms with Gasteiger partial charge in [0.15, 0.2) is 0 Å². The number of nitrogens with zero attached hydrogens (tertiary/aromatic N) is 2. The Labute approximate surface area is 238 Å². The molecule has 2 saturated heterocycles. The lowest BCUT2D eigenvalue weighted by Gasteiger charge is -2.53. The number of rotatable bonds is 6. The Kier molecular flexibility index (Phi) is 7.89. The minimum atomic E-state index is -4.01. The van der Waals surface area contributed by atoms with Gasteiger partial charge in [0.05, 0.1) is 42.5 Å². The lowest BCUT2D eigenvalue weighted by atomic mass is 9.76. The van der Waals surface area contributed by atoms with Crippen LogP contribution in [0.3, 0.4) is 0 Å². The van der Waals surface area contributed by atoms with Crippen molar-refractivity contribution in [3.05, 3.63) is 60.3 Å². The molecule has 0 spiro atoms. The quantitative estimate of drug-likeness (QED) is 0.422. The Morgan fingerprint density at radius 3 is 2.44 bits per heavy atom. The van der Waals surface area contributed by atoms with Crippen LogP contribution in [-0.2, 0) is 18.8 Å². The van der Waals surface area contributed by atoms with Gasteiger partial charge in [-0.25, -0.2) is 17.2 Å². The van der Waals surface area contributed by atoms with Gasteiger partial charge in [-0.3, -0.25) is 0 Å². The van der Waals surface area contributed by atoms with Crippen molar-refractivity contribution in [2.75, 3.05) is 38.8 Å². The predicted molar refractivity (Wildman–Crippen MR) is 156 cm³/mol. The summed E-state index contributed by atoms with van der Waals surface area (Å²) >= 11 is 3.43. The molecule has 39 heavy (non-hydrogen) atoms. The summed E-state index contributed by atoms with van der Waals surface area (Å²) in [6, 6.07) is 15.9. The molecule has 3 heterocycles. The summed E-state index contributed by atoms with van der Waals surface area (Å²) in [4.78, 5) is 14.1. The Morgan fingerprint density at radius 1 is 1.10 bits per heavy atom. The summed E-state index contributed by atoms with van der Waals surface area (Å²) in [5.74, 6) is 1.95. The fraction of sp³-hybridized carbons (Fsp3) is 0.464. The Balaban J connectivity index is 1.72. The number of para-hydroxylation sites is 1. The first-order chi connectivity index (χ1) is 18.7. The molecule has 1 aromatic heterocycles. The van der Waals surface area contributed by atoms with E-state index >= 15 is 0 Å². The van der Waals surface area contributed by atoms with Gasteiger partial charge in [0.1, 0.15) is 9.83 Å². The number of hydrogen-bond donors (Lipinski definition) is 1. The average Bonchev–Trinajstić information content (AvgIpc) is 3.38. The number of thioether (sulfide) groups is 2. The molecule has 210 valence electrons. The number of carbonyl (C=O) groups is 1. The van der Waals surface area contributed by atoms with Crippen molar-refractivity contribution < 1.29 is 27.8 Å². The number of fused-ring (bicyclic) bond motifs is 1. The highest BCUT2D eigenvalue weighted by Gasteiger charge is 2.57. The molecule has 2 aliphatic heterocycles. The van der Waals surface area contributed by atoms with Gasteiger partial charge in [-0.05, 0) is 67.2 Å². The number of methoxy groups -OCH3 is 2. The standard InChI is InChI=1S/C28H34N2O6S3/c1-4-27(32)19-29(26(31)36-3)15-14-24(27)28(37-16-7-17-38-28)25-18-20-8-5-6-9-23(20)30(25)39(33,34)22-12-10-21(35-2)11-13-22/h5-6,8-13,18,24,32H,4,7,14-17,19H2,1-3H3. The molecule has 2 fully saturated rings. The normalized spacial score (nSPS) is 23.5. The molecule has 2 unspecified atom stereocenters. The number of likely N-dealkylation sites (tertiary alicyclic amines) is 1. The first-order valence-corrected chi connectivity index (χ1v) is 16.4. The van der Waals surface area contributed by atoms with Crippen molar-refractivity contribution in [2.24, 2.45) is 5.92 Å². The molecule has 0 radical (unpaired) electrons. The minimum absolute atomic E-state index is 0.134. The number of aromatic nitrogens is 1. The second kappa shape index (κ2) is 10.9. The zero-order chi connectivity index (χ0) is 27.8. The zero-order valence-corrected chi connectivity index (χ0v) is 24.8. The maximum atomic E-state index is 14.4. The molecular formula is C28H34N2O6S3. The number of benzene rings is 2. The van der Waals surface area contributed by atoms with Crippen molar-refractivity contribution >= 4 is 50.5 Å². The van der Waals surface area contributed by atoms with E-state index in [0.29, 0.717) is 36.3 Å². The van der Waals surface area contributed by atoms with Gasteiger partial charge in [-0.15, -0.1) is 23.5 Å². The van der Waals surface area contributed by atoms with Gasteiger partial charge in [0, 0.05) is 17.8 Å². The van der Waals surface area contributed by atoms with Gasteiger partial charge in [0.25, 0.3) is 10.0 Å². The van der Waals surface area contributed by atoms with Crippen LogP contribution in [0.25, 0.3) is 10.9 Å². The molecule has 8 nitrogen and oxygen atoms in total. The number of β-amino-alcohol motifs (C(OH)–C–C–N with tert-alkyl or cyclic N) is 1. The third-order valence-corrected chi connectivity index (χ3v) is 13.1. The van der Waals surface area contributed by atoms with Gasteiger partial charge in [-0.1, -0.05) is 25.1 Å². The lowest BCUT2D eigenvalue weighted by molar-refractivity contribution is -0.0790. The van der Waals surface area contributed by atoms with Gasteiger partial charge < -0.3 is 19.5 Å². The highest BCUT2D eigenvalue weighted by atomic mass is 32.2. The smallest absolute Gasteiger partial charge is 0.409 e. The maximum Gasteiger partial charge on any atom is 0.409 e. The molecule has 5 rings (SSSR count). The van der Waals surface area contributed by atoms with Crippen LogP contribution in [0.15, 0.2) is 59.5 Å². The second-order valence-electron chi connectivity index (χ2n) is 9.94. The molecule has 0 aliphatic carbocycles. The summed E-state index contributed by atoms with van der Waals surface area (Å²) < 4.78 is 39.7. The SMILES string of the molecule is CCC1(O)CN(C(=O)OC)CCC1C1(c2cc3ccccc3n2S(=O)(=O)c2ccc(OC)cc2)SCCCS1. The van der Waals surface area contributed by atoms with E-state index in [1.54, 1.807) is 59.8 Å². The number of aliphatic hydroxyl groups is 1. The van der Waals surface area contributed by atoms with Crippen molar-refractivity contribution in [3.63, 3.8) is 0 Å². The third kappa shape index (κ3) is 4.81. The fourth-order valence-corrected chi connectivity index (χ4v) is 11.4. The molecular weight excluding hydrogens is 557 g/mol.